The lowest BCUT2D eigenvalue weighted by atomic mass is 10.2. The van der Waals surface area contributed by atoms with Gasteiger partial charge in [-0.25, -0.2) is 0 Å². The van der Waals surface area contributed by atoms with E-state index in [9.17, 15) is 0 Å². The summed E-state index contributed by atoms with van der Waals surface area (Å²) >= 11 is 0. The minimum Gasteiger partial charge on any atom is -0.311 e. The maximum Gasteiger partial charge on any atom is 0.0604 e. The van der Waals surface area contributed by atoms with Gasteiger partial charge in [-0.3, -0.25) is 4.90 Å². The minimum absolute atomic E-state index is 0.763. The molecule has 2 aliphatic rings. The quantitative estimate of drug-likeness (QED) is 0.532. The van der Waals surface area contributed by atoms with Gasteiger partial charge in [0, 0.05) is 25.2 Å². The number of nitrogens with one attached hydrogen (secondary N) is 1. The predicted molar refractivity (Wildman–Crippen MR) is 45.2 cm³/mol. The van der Waals surface area contributed by atoms with Crippen molar-refractivity contribution in [1.82, 2.24) is 10.2 Å². The van der Waals surface area contributed by atoms with Crippen LogP contribution in [0, 0.1) is 11.8 Å². The maximum absolute atomic E-state index is 3.47. The molecule has 2 saturated heterocycles. The van der Waals surface area contributed by atoms with Crippen LogP contribution < -0.4 is 5.32 Å². The summed E-state index contributed by atoms with van der Waals surface area (Å²) in [4.78, 5) is 2.48. The Morgan fingerprint density at radius 3 is 3.09 bits per heavy atom. The highest BCUT2D eigenvalue weighted by Crippen LogP contribution is 2.21. The molecule has 0 aromatic heterocycles. The average molecular weight is 150 g/mol. The Labute approximate surface area is 68.0 Å². The molecule has 2 atom stereocenters. The zero-order valence-electron chi connectivity index (χ0n) is 6.93. The fraction of sp³-hybridized carbons (Fsp3) is 0.778. The van der Waals surface area contributed by atoms with Gasteiger partial charge in [0.15, 0.2) is 0 Å². The number of hydrogen-bond acceptors (Lipinski definition) is 2. The van der Waals surface area contributed by atoms with E-state index in [0.717, 1.165) is 18.6 Å². The molecule has 0 aromatic carbocycles. The predicted octanol–water partition coefficient (Wildman–Crippen LogP) is 0.0558. The van der Waals surface area contributed by atoms with Gasteiger partial charge < -0.3 is 5.32 Å². The molecule has 0 aromatic rings. The Morgan fingerprint density at radius 2 is 2.55 bits per heavy atom. The van der Waals surface area contributed by atoms with E-state index in [2.05, 4.69) is 22.1 Å². The Hall–Kier alpha value is -0.520. The fourth-order valence-electron chi connectivity index (χ4n) is 2.02. The second-order valence-electron chi connectivity index (χ2n) is 3.35. The lowest BCUT2D eigenvalue weighted by molar-refractivity contribution is 0.253. The normalized spacial score (nSPS) is 35.4. The maximum atomic E-state index is 3.47. The molecular weight excluding hydrogens is 136 g/mol. The third kappa shape index (κ3) is 1.26. The van der Waals surface area contributed by atoms with Crippen LogP contribution in [-0.4, -0.2) is 36.6 Å². The van der Waals surface area contributed by atoms with Crippen LogP contribution in [0.4, 0.5) is 0 Å². The summed E-state index contributed by atoms with van der Waals surface area (Å²) in [5, 5.41) is 3.47. The van der Waals surface area contributed by atoms with Crippen LogP contribution in [0.1, 0.15) is 13.3 Å². The van der Waals surface area contributed by atoms with Gasteiger partial charge in [-0.1, -0.05) is 5.92 Å². The van der Waals surface area contributed by atoms with Gasteiger partial charge in [0.2, 0.25) is 0 Å². The summed E-state index contributed by atoms with van der Waals surface area (Å²) in [6.45, 7) is 5.27. The molecule has 0 saturated carbocycles. The van der Waals surface area contributed by atoms with Crippen LogP contribution in [0.2, 0.25) is 0 Å². The van der Waals surface area contributed by atoms with E-state index in [4.69, 9.17) is 0 Å². The number of hydrogen-bond donors (Lipinski definition) is 1. The largest absolute Gasteiger partial charge is 0.311 e. The fourth-order valence-corrected chi connectivity index (χ4v) is 2.02. The van der Waals surface area contributed by atoms with Crippen molar-refractivity contribution in [1.29, 1.82) is 0 Å². The number of likely N-dealkylation sites (tertiary alicyclic amines) is 1. The average Bonchev–Trinajstić information content (AvgIpc) is 2.60. The molecule has 0 amide bonds. The lowest BCUT2D eigenvalue weighted by Gasteiger charge is -2.24. The zero-order valence-corrected chi connectivity index (χ0v) is 6.93. The first-order valence-electron chi connectivity index (χ1n) is 4.27. The molecule has 60 valence electrons. The van der Waals surface area contributed by atoms with E-state index in [0.29, 0.717) is 0 Å². The molecular formula is C9H14N2. The van der Waals surface area contributed by atoms with Crippen molar-refractivity contribution >= 4 is 0 Å². The van der Waals surface area contributed by atoms with Crippen molar-refractivity contribution in [3.63, 3.8) is 0 Å². The third-order valence-corrected chi connectivity index (χ3v) is 2.63. The van der Waals surface area contributed by atoms with E-state index in [1.165, 1.54) is 19.5 Å². The van der Waals surface area contributed by atoms with E-state index < -0.39 is 0 Å². The highest BCUT2D eigenvalue weighted by Gasteiger charge is 2.36. The van der Waals surface area contributed by atoms with Crippen LogP contribution in [0.15, 0.2) is 0 Å². The van der Waals surface area contributed by atoms with Crippen LogP contribution in [0.25, 0.3) is 0 Å². The lowest BCUT2D eigenvalue weighted by Crippen LogP contribution is -2.43. The first-order valence-corrected chi connectivity index (χ1v) is 4.27. The van der Waals surface area contributed by atoms with Gasteiger partial charge in [-0.15, -0.1) is 5.92 Å². The van der Waals surface area contributed by atoms with E-state index in [1.807, 2.05) is 6.92 Å². The summed E-state index contributed by atoms with van der Waals surface area (Å²) in [7, 11) is 0. The first kappa shape index (κ1) is 7.15. The highest BCUT2D eigenvalue weighted by molar-refractivity contribution is 5.04. The summed E-state index contributed by atoms with van der Waals surface area (Å²) in [6, 6.07) is 1.54. The van der Waals surface area contributed by atoms with Crippen LogP contribution >= 0.6 is 0 Å². The van der Waals surface area contributed by atoms with Gasteiger partial charge in [-0.2, -0.15) is 0 Å². The summed E-state index contributed by atoms with van der Waals surface area (Å²) in [5.74, 6) is 6.07. The monoisotopic (exact) mass is 150 g/mol. The standard InChI is InChI=1S/C9H14N2/c1-2-3-4-11-7-8-5-9(11)6-10-8/h8-10H,4-7H2,1H3. The topological polar surface area (TPSA) is 15.3 Å². The van der Waals surface area contributed by atoms with Crippen molar-refractivity contribution in [3.05, 3.63) is 0 Å². The molecule has 2 heteroatoms. The minimum atomic E-state index is 0.763. The number of nitrogens with zero attached hydrogens (tertiary/aromatic N) is 1. The molecule has 1 N–H and O–H groups in total. The van der Waals surface area contributed by atoms with Gasteiger partial charge >= 0.3 is 0 Å². The third-order valence-electron chi connectivity index (χ3n) is 2.63. The van der Waals surface area contributed by atoms with Crippen LogP contribution in [-0.2, 0) is 0 Å². The molecule has 2 nitrogen and oxygen atoms in total. The molecule has 0 spiro atoms. The smallest absolute Gasteiger partial charge is 0.0604 e. The second kappa shape index (κ2) is 2.84. The van der Waals surface area contributed by atoms with E-state index in [-0.39, 0.29) is 0 Å². The molecule has 0 radical (unpaired) electrons. The van der Waals surface area contributed by atoms with Crippen LogP contribution in [0.3, 0.4) is 0 Å². The first-order chi connectivity index (χ1) is 5.40. The molecule has 11 heavy (non-hydrogen) atoms. The Bertz CT molecular complexity index is 201. The molecule has 0 aliphatic carbocycles. The summed E-state index contributed by atoms with van der Waals surface area (Å²) in [6.07, 6.45) is 1.34. The molecule has 2 unspecified atom stereocenters. The number of rotatable bonds is 1. The summed E-state index contributed by atoms with van der Waals surface area (Å²) < 4.78 is 0. The number of piperazine rings is 1. The van der Waals surface area contributed by atoms with Crippen LogP contribution in [0.5, 0.6) is 0 Å². The Kier molecular flexibility index (Phi) is 1.85. The van der Waals surface area contributed by atoms with Crippen molar-refractivity contribution in [2.24, 2.45) is 0 Å². The molecule has 2 bridgehead atoms. The van der Waals surface area contributed by atoms with Crippen molar-refractivity contribution in [2.45, 2.75) is 25.4 Å². The van der Waals surface area contributed by atoms with Crippen molar-refractivity contribution in [2.75, 3.05) is 19.6 Å². The van der Waals surface area contributed by atoms with Gasteiger partial charge in [0.25, 0.3) is 0 Å². The van der Waals surface area contributed by atoms with Crippen molar-refractivity contribution in [3.8, 4) is 11.8 Å². The zero-order chi connectivity index (χ0) is 7.68. The van der Waals surface area contributed by atoms with Gasteiger partial charge in [0.1, 0.15) is 0 Å². The number of fused-ring (bicyclic) bond motifs is 2. The molecule has 2 fully saturated rings. The Morgan fingerprint density at radius 1 is 1.64 bits per heavy atom. The van der Waals surface area contributed by atoms with Gasteiger partial charge in [-0.05, 0) is 13.3 Å². The van der Waals surface area contributed by atoms with E-state index >= 15 is 0 Å². The SMILES string of the molecule is CC#CCN1CC2CC1CN2. The van der Waals surface area contributed by atoms with Crippen molar-refractivity contribution < 1.29 is 0 Å². The molecule has 2 aliphatic heterocycles. The highest BCUT2D eigenvalue weighted by atomic mass is 15.3. The van der Waals surface area contributed by atoms with Gasteiger partial charge in [0.05, 0.1) is 6.54 Å². The molecule has 2 rings (SSSR count). The summed E-state index contributed by atoms with van der Waals surface area (Å²) in [5.41, 5.74) is 0. The molecule has 2 heterocycles. The second-order valence-corrected chi connectivity index (χ2v) is 3.35. The Balaban J connectivity index is 1.90. The van der Waals surface area contributed by atoms with E-state index in [1.54, 1.807) is 0 Å².